The third-order valence-electron chi connectivity index (χ3n) is 4.48. The Morgan fingerprint density at radius 3 is 1.14 bits per heavy atom. The van der Waals surface area contributed by atoms with Gasteiger partial charge in [0, 0.05) is 40.4 Å². The van der Waals surface area contributed by atoms with Crippen LogP contribution in [0.1, 0.15) is 40.9 Å². The number of carbonyl (C=O) groups is 2. The predicted octanol–water partition coefficient (Wildman–Crippen LogP) is 7.33. The maximum absolute atomic E-state index is 11.8. The number of benzene rings is 4. The summed E-state index contributed by atoms with van der Waals surface area (Å²) < 4.78 is 0. The first kappa shape index (κ1) is 31.0. The molecule has 37 heavy (non-hydrogen) atoms. The molecule has 0 saturated carbocycles. The van der Waals surface area contributed by atoms with Gasteiger partial charge in [-0.1, -0.05) is 128 Å². The van der Waals surface area contributed by atoms with Crippen LogP contribution in [0, 0.1) is 0 Å². The number of rotatable bonds is 5. The van der Waals surface area contributed by atoms with E-state index in [-0.39, 0.29) is 5.78 Å². The van der Waals surface area contributed by atoms with E-state index in [0.29, 0.717) is 0 Å². The maximum Gasteiger partial charge on any atom is 0.401 e. The van der Waals surface area contributed by atoms with Gasteiger partial charge in [-0.15, -0.1) is 0 Å². The summed E-state index contributed by atoms with van der Waals surface area (Å²) in [7, 11) is 0. The molecule has 0 bridgehead atoms. The third-order valence-corrected chi connectivity index (χ3v) is 4.48. The highest BCUT2D eigenvalue weighted by molar-refractivity contribution is 6.60. The number of nitrogens with zero attached hydrogens (tertiary/aromatic N) is 1. The second-order valence-electron chi connectivity index (χ2n) is 7.28. The van der Waals surface area contributed by atoms with Gasteiger partial charge in [0.05, 0.1) is 5.71 Å². The zero-order valence-electron chi connectivity index (χ0n) is 21.1. The van der Waals surface area contributed by atoms with E-state index in [9.17, 15) is 4.79 Å². The molecular formula is C31H33ClN2O3. The normalized spacial score (nSPS) is 9.08. The molecule has 6 heteroatoms. The van der Waals surface area contributed by atoms with Crippen LogP contribution in [0.4, 0.5) is 4.79 Å². The van der Waals surface area contributed by atoms with Crippen molar-refractivity contribution in [1.29, 1.82) is 0 Å². The van der Waals surface area contributed by atoms with E-state index in [1.165, 1.54) is 11.1 Å². The summed E-state index contributed by atoms with van der Waals surface area (Å²) in [5.41, 5.74) is 8.38. The van der Waals surface area contributed by atoms with Gasteiger partial charge in [0.2, 0.25) is 0 Å². The second-order valence-corrected chi connectivity index (χ2v) is 7.60. The summed E-state index contributed by atoms with van der Waals surface area (Å²) in [5.74, 6) is 0.0752. The summed E-state index contributed by atoms with van der Waals surface area (Å²) in [4.78, 5) is 25.2. The average molecular weight is 517 g/mol. The van der Waals surface area contributed by atoms with Crippen molar-refractivity contribution in [2.24, 2.45) is 10.7 Å². The molecule has 192 valence electrons. The van der Waals surface area contributed by atoms with Crippen molar-refractivity contribution in [3.05, 3.63) is 144 Å². The molecule has 3 N–H and O–H groups in total. The van der Waals surface area contributed by atoms with Crippen molar-refractivity contribution < 1.29 is 14.7 Å². The van der Waals surface area contributed by atoms with Crippen molar-refractivity contribution in [1.82, 2.24) is 0 Å². The molecule has 0 fully saturated rings. The third kappa shape index (κ3) is 13.0. The largest absolute Gasteiger partial charge is 0.469 e. The molecule has 4 aromatic rings. The Hall–Kier alpha value is -4.06. The van der Waals surface area contributed by atoms with Gasteiger partial charge in [-0.3, -0.25) is 9.79 Å². The van der Waals surface area contributed by atoms with Crippen molar-refractivity contribution in [3.8, 4) is 0 Å². The monoisotopic (exact) mass is 516 g/mol. The number of nitrogens with two attached hydrogens (primary N) is 1. The van der Waals surface area contributed by atoms with Crippen LogP contribution in [-0.2, 0) is 0 Å². The minimum Gasteiger partial charge on any atom is -0.469 e. The maximum atomic E-state index is 11.8. The Morgan fingerprint density at radius 1 is 0.649 bits per heavy atom. The Kier molecular flexibility index (Phi) is 16.0. The van der Waals surface area contributed by atoms with E-state index in [4.69, 9.17) is 15.6 Å². The number of halogens is 1. The zero-order valence-corrected chi connectivity index (χ0v) is 21.9. The number of ketones is 1. The number of hydrogen-bond acceptors (Lipinski definition) is 4. The highest BCUT2D eigenvalue weighted by Crippen LogP contribution is 2.11. The molecule has 5 nitrogen and oxygen atoms in total. The lowest BCUT2D eigenvalue weighted by Crippen LogP contribution is -2.03. The summed E-state index contributed by atoms with van der Waals surface area (Å²) in [6.45, 7) is 5.52. The van der Waals surface area contributed by atoms with Gasteiger partial charge in [0.25, 0.3) is 0 Å². The molecule has 0 amide bonds. The smallest absolute Gasteiger partial charge is 0.401 e. The van der Waals surface area contributed by atoms with Gasteiger partial charge in [-0.25, -0.2) is 4.79 Å². The summed E-state index contributed by atoms with van der Waals surface area (Å²) >= 11 is 4.19. The van der Waals surface area contributed by atoms with Gasteiger partial charge >= 0.3 is 5.43 Å². The Morgan fingerprint density at radius 2 is 0.892 bits per heavy atom. The fourth-order valence-electron chi connectivity index (χ4n) is 3.05. The topological polar surface area (TPSA) is 92.8 Å². The Labute approximate surface area is 224 Å². The van der Waals surface area contributed by atoms with Gasteiger partial charge in [0.1, 0.15) is 0 Å². The first-order valence-corrected chi connectivity index (χ1v) is 12.2. The van der Waals surface area contributed by atoms with Crippen LogP contribution >= 0.6 is 11.6 Å². The molecule has 0 aliphatic heterocycles. The van der Waals surface area contributed by atoms with Crippen LogP contribution in [0.5, 0.6) is 0 Å². The van der Waals surface area contributed by atoms with Crippen molar-refractivity contribution >= 4 is 28.5 Å². The van der Waals surface area contributed by atoms with Gasteiger partial charge in [0.15, 0.2) is 5.78 Å². The lowest BCUT2D eigenvalue weighted by atomic mass is 10.0. The fourth-order valence-corrected chi connectivity index (χ4v) is 3.05. The van der Waals surface area contributed by atoms with Gasteiger partial charge in [-0.05, 0) is 13.5 Å². The predicted molar refractivity (Wildman–Crippen MR) is 154 cm³/mol. The van der Waals surface area contributed by atoms with Crippen LogP contribution < -0.4 is 5.73 Å². The highest BCUT2D eigenvalue weighted by Gasteiger charge is 2.06. The quantitative estimate of drug-likeness (QED) is 0.165. The second kappa shape index (κ2) is 19.2. The minimum absolute atomic E-state index is 0.0752. The molecule has 0 aliphatic carbocycles. The van der Waals surface area contributed by atoms with Crippen LogP contribution in [0.3, 0.4) is 0 Å². The van der Waals surface area contributed by atoms with E-state index in [1.54, 1.807) is 0 Å². The summed E-state index contributed by atoms with van der Waals surface area (Å²) in [5, 5.41) is 7.18. The van der Waals surface area contributed by atoms with E-state index in [2.05, 4.69) is 47.8 Å². The van der Waals surface area contributed by atoms with Crippen LogP contribution in [0.2, 0.25) is 0 Å². The minimum atomic E-state index is -1.36. The van der Waals surface area contributed by atoms with E-state index in [1.807, 2.05) is 104 Å². The Balaban J connectivity index is 0.000000298. The first-order chi connectivity index (χ1) is 17.9. The Bertz CT molecular complexity index is 1100. The molecule has 0 heterocycles. The first-order valence-electron chi connectivity index (χ1n) is 11.8. The van der Waals surface area contributed by atoms with Crippen molar-refractivity contribution in [2.75, 3.05) is 13.1 Å². The summed E-state index contributed by atoms with van der Waals surface area (Å²) in [6.07, 6.45) is 0. The zero-order chi connectivity index (χ0) is 27.3. The van der Waals surface area contributed by atoms with Crippen LogP contribution in [0.25, 0.3) is 0 Å². The van der Waals surface area contributed by atoms with Gasteiger partial charge in [-0.2, -0.15) is 0 Å². The van der Waals surface area contributed by atoms with E-state index < -0.39 is 5.43 Å². The molecule has 4 rings (SSSR count). The molecule has 0 unspecified atom stereocenters. The number of hydrogen-bond donors (Lipinski definition) is 2. The lowest BCUT2D eigenvalue weighted by molar-refractivity contribution is 0.103. The van der Waals surface area contributed by atoms with E-state index in [0.717, 1.165) is 29.9 Å². The molecule has 0 saturated heterocycles. The summed E-state index contributed by atoms with van der Waals surface area (Å²) in [6, 6.07) is 39.2. The molecule has 4 aromatic carbocycles. The van der Waals surface area contributed by atoms with Crippen molar-refractivity contribution in [2.45, 2.75) is 13.8 Å². The standard InChI is InChI=1S/C15H15N.C13H10O.C2H7N.CHClO2/c1-2-16-15(13-9-5-3-6-10-13)14-11-7-4-8-12-14;14-13(11-7-3-1-4-8-11)12-9-5-2-6-10-12;1-2-3;2-1(3)4/h3-12H,2H2,1H3;1-10H;2-3H2,1H3;(H,3,4). The fraction of sp³-hybridized carbons (Fsp3) is 0.129. The molecule has 0 radical (unpaired) electrons. The van der Waals surface area contributed by atoms with Crippen molar-refractivity contribution in [3.63, 3.8) is 0 Å². The highest BCUT2D eigenvalue weighted by atomic mass is 35.5. The van der Waals surface area contributed by atoms with Gasteiger partial charge < -0.3 is 10.8 Å². The number of carbonyl (C=O) groups excluding carboxylic acids is 1. The molecule has 0 spiro atoms. The molecular weight excluding hydrogens is 484 g/mol. The van der Waals surface area contributed by atoms with E-state index >= 15 is 0 Å². The van der Waals surface area contributed by atoms with Crippen LogP contribution in [-0.4, -0.2) is 35.1 Å². The number of carboxylic acid groups (broad SMARTS) is 1. The molecule has 0 aliphatic rings. The molecule has 0 atom stereocenters. The lowest BCUT2D eigenvalue weighted by Gasteiger charge is -2.06. The average Bonchev–Trinajstić information content (AvgIpc) is 2.94. The van der Waals surface area contributed by atoms with Crippen LogP contribution in [0.15, 0.2) is 126 Å². The SMILES string of the molecule is CCN.CCN=C(c1ccccc1)c1ccccc1.O=C(O)Cl.O=C(c1ccccc1)c1ccccc1. The number of aliphatic imine (C=N–C) groups is 1. The molecule has 0 aromatic heterocycles.